The lowest BCUT2D eigenvalue weighted by Crippen LogP contribution is -1.92. The highest BCUT2D eigenvalue weighted by atomic mass is 19.1. The Morgan fingerprint density at radius 3 is 2.55 bits per heavy atom. The molecule has 0 spiro atoms. The van der Waals surface area contributed by atoms with E-state index < -0.39 is 0 Å². The van der Waals surface area contributed by atoms with Crippen molar-refractivity contribution in [2.45, 2.75) is 0 Å². The summed E-state index contributed by atoms with van der Waals surface area (Å²) in [6, 6.07) is 5.72. The third kappa shape index (κ3) is 2.30. The van der Waals surface area contributed by atoms with Crippen molar-refractivity contribution in [3.63, 3.8) is 0 Å². The fourth-order valence-corrected chi connectivity index (χ4v) is 0.656. The minimum Gasteiger partial charge on any atom is -0.481 e. The summed E-state index contributed by atoms with van der Waals surface area (Å²) < 4.78 is 17.3. The third-order valence-corrected chi connectivity index (χ3v) is 1.14. The number of halogens is 1. The maximum Gasteiger partial charge on any atom is 0.148 e. The lowest BCUT2D eigenvalue weighted by atomic mass is 10.3. The molecule has 1 rings (SSSR count). The van der Waals surface area contributed by atoms with Crippen LogP contribution in [0.4, 0.5) is 4.39 Å². The molecule has 0 N–H and O–H groups in total. The van der Waals surface area contributed by atoms with E-state index in [2.05, 4.69) is 5.92 Å². The van der Waals surface area contributed by atoms with Gasteiger partial charge in [0.05, 0.1) is 0 Å². The number of hydrogen-bond acceptors (Lipinski definition) is 1. The maximum atomic E-state index is 12.3. The highest BCUT2D eigenvalue weighted by Gasteiger charge is 1.91. The molecule has 0 fully saturated rings. The van der Waals surface area contributed by atoms with E-state index in [9.17, 15) is 4.39 Å². The topological polar surface area (TPSA) is 9.23 Å². The van der Waals surface area contributed by atoms with Crippen molar-refractivity contribution in [1.29, 1.82) is 0 Å². The predicted molar refractivity (Wildman–Crippen MR) is 40.7 cm³/mol. The van der Waals surface area contributed by atoms with Crippen molar-refractivity contribution in [2.24, 2.45) is 0 Å². The molecule has 56 valence electrons. The van der Waals surface area contributed by atoms with E-state index in [1.165, 1.54) is 24.3 Å². The minimum atomic E-state index is -0.280. The SMILES string of the molecule is C#CCOc1ccc(F)cc1. The Hall–Kier alpha value is -1.49. The molecule has 0 aliphatic rings. The first-order valence-electron chi connectivity index (χ1n) is 3.15. The molecule has 1 aromatic rings. The van der Waals surface area contributed by atoms with Gasteiger partial charge < -0.3 is 4.74 Å². The van der Waals surface area contributed by atoms with E-state index in [1.54, 1.807) is 0 Å². The van der Waals surface area contributed by atoms with Gasteiger partial charge in [-0.15, -0.1) is 6.42 Å². The van der Waals surface area contributed by atoms with Crippen LogP contribution in [0.25, 0.3) is 0 Å². The fraction of sp³-hybridized carbons (Fsp3) is 0.111. The van der Waals surface area contributed by atoms with Crippen LogP contribution >= 0.6 is 0 Å². The van der Waals surface area contributed by atoms with Gasteiger partial charge in [-0.1, -0.05) is 5.92 Å². The van der Waals surface area contributed by atoms with Gasteiger partial charge in [0, 0.05) is 0 Å². The molecule has 0 amide bonds. The maximum absolute atomic E-state index is 12.3. The Morgan fingerprint density at radius 1 is 1.36 bits per heavy atom. The van der Waals surface area contributed by atoms with Crippen LogP contribution in [-0.2, 0) is 0 Å². The molecule has 2 heteroatoms. The van der Waals surface area contributed by atoms with Crippen molar-refractivity contribution < 1.29 is 9.13 Å². The van der Waals surface area contributed by atoms with E-state index >= 15 is 0 Å². The Bertz CT molecular complexity index is 258. The first kappa shape index (κ1) is 7.62. The molecular weight excluding hydrogens is 143 g/mol. The second kappa shape index (κ2) is 3.62. The number of benzene rings is 1. The Labute approximate surface area is 64.8 Å². The van der Waals surface area contributed by atoms with E-state index in [0.29, 0.717) is 5.75 Å². The van der Waals surface area contributed by atoms with Crippen molar-refractivity contribution >= 4 is 0 Å². The van der Waals surface area contributed by atoms with Crippen LogP contribution < -0.4 is 4.74 Å². The second-order valence-corrected chi connectivity index (χ2v) is 1.95. The van der Waals surface area contributed by atoms with Crippen LogP contribution in [0.1, 0.15) is 0 Å². The molecule has 1 aromatic carbocycles. The standard InChI is InChI=1S/C9H7FO/c1-2-7-11-9-5-3-8(10)4-6-9/h1,3-6H,7H2. The summed E-state index contributed by atoms with van der Waals surface area (Å²) in [5.74, 6) is 2.62. The van der Waals surface area contributed by atoms with Gasteiger partial charge in [0.15, 0.2) is 0 Å². The monoisotopic (exact) mass is 150 g/mol. The molecule has 11 heavy (non-hydrogen) atoms. The van der Waals surface area contributed by atoms with Crippen LogP contribution in [0.2, 0.25) is 0 Å². The van der Waals surface area contributed by atoms with Crippen LogP contribution in [0.15, 0.2) is 24.3 Å². The number of ether oxygens (including phenoxy) is 1. The highest BCUT2D eigenvalue weighted by Crippen LogP contribution is 2.10. The van der Waals surface area contributed by atoms with Gasteiger partial charge in [-0.3, -0.25) is 0 Å². The molecule has 0 saturated carbocycles. The fourth-order valence-electron chi connectivity index (χ4n) is 0.656. The molecular formula is C9H7FO. The third-order valence-electron chi connectivity index (χ3n) is 1.14. The van der Waals surface area contributed by atoms with Gasteiger partial charge in [0.2, 0.25) is 0 Å². The van der Waals surface area contributed by atoms with Crippen molar-refractivity contribution in [1.82, 2.24) is 0 Å². The van der Waals surface area contributed by atoms with Crippen LogP contribution in [0.5, 0.6) is 5.75 Å². The van der Waals surface area contributed by atoms with Crippen LogP contribution in [0.3, 0.4) is 0 Å². The molecule has 0 aliphatic carbocycles. The Kier molecular flexibility index (Phi) is 2.51. The molecule has 1 nitrogen and oxygen atoms in total. The highest BCUT2D eigenvalue weighted by molar-refractivity contribution is 5.22. The summed E-state index contributed by atoms with van der Waals surface area (Å²) in [7, 11) is 0. The molecule has 0 atom stereocenters. The first-order chi connectivity index (χ1) is 5.33. The largest absolute Gasteiger partial charge is 0.481 e. The van der Waals surface area contributed by atoms with Crippen LogP contribution in [-0.4, -0.2) is 6.61 Å². The lowest BCUT2D eigenvalue weighted by Gasteiger charge is -1.99. The van der Waals surface area contributed by atoms with Gasteiger partial charge in [-0.25, -0.2) is 4.39 Å². The van der Waals surface area contributed by atoms with Crippen LogP contribution in [0, 0.1) is 18.2 Å². The van der Waals surface area contributed by atoms with Gasteiger partial charge >= 0.3 is 0 Å². The molecule has 0 radical (unpaired) electrons. The Morgan fingerprint density at radius 2 is 2.00 bits per heavy atom. The lowest BCUT2D eigenvalue weighted by molar-refractivity contribution is 0.369. The zero-order valence-corrected chi connectivity index (χ0v) is 5.88. The van der Waals surface area contributed by atoms with E-state index in [4.69, 9.17) is 11.2 Å². The summed E-state index contributed by atoms with van der Waals surface area (Å²) in [6.07, 6.45) is 4.96. The predicted octanol–water partition coefficient (Wildman–Crippen LogP) is 1.84. The van der Waals surface area contributed by atoms with E-state index in [0.717, 1.165) is 0 Å². The van der Waals surface area contributed by atoms with E-state index in [-0.39, 0.29) is 12.4 Å². The smallest absolute Gasteiger partial charge is 0.148 e. The molecule has 0 unspecified atom stereocenters. The second-order valence-electron chi connectivity index (χ2n) is 1.95. The van der Waals surface area contributed by atoms with Gasteiger partial charge in [0.1, 0.15) is 18.2 Å². The quantitative estimate of drug-likeness (QED) is 0.584. The normalized spacial score (nSPS) is 8.73. The van der Waals surface area contributed by atoms with Gasteiger partial charge in [-0.05, 0) is 24.3 Å². The zero-order valence-electron chi connectivity index (χ0n) is 5.88. The minimum absolute atomic E-state index is 0.214. The number of hydrogen-bond donors (Lipinski definition) is 0. The summed E-state index contributed by atoms with van der Waals surface area (Å²) >= 11 is 0. The van der Waals surface area contributed by atoms with Gasteiger partial charge in [-0.2, -0.15) is 0 Å². The van der Waals surface area contributed by atoms with E-state index in [1.807, 2.05) is 0 Å². The summed E-state index contributed by atoms with van der Waals surface area (Å²) in [4.78, 5) is 0. The van der Waals surface area contributed by atoms with Crippen molar-refractivity contribution in [2.75, 3.05) is 6.61 Å². The molecule has 0 saturated heterocycles. The summed E-state index contributed by atoms with van der Waals surface area (Å²) in [6.45, 7) is 0.214. The molecule has 0 heterocycles. The van der Waals surface area contributed by atoms with Crippen molar-refractivity contribution in [3.8, 4) is 18.1 Å². The summed E-state index contributed by atoms with van der Waals surface area (Å²) in [5.41, 5.74) is 0. The number of rotatable bonds is 2. The average molecular weight is 150 g/mol. The average Bonchev–Trinajstić information content (AvgIpc) is 2.04. The van der Waals surface area contributed by atoms with Gasteiger partial charge in [0.25, 0.3) is 0 Å². The number of terminal acetylenes is 1. The zero-order chi connectivity index (χ0) is 8.10. The molecule has 0 aliphatic heterocycles. The molecule has 0 aromatic heterocycles. The molecule has 0 bridgehead atoms. The summed E-state index contributed by atoms with van der Waals surface area (Å²) in [5, 5.41) is 0. The Balaban J connectivity index is 2.60. The van der Waals surface area contributed by atoms with Crippen molar-refractivity contribution in [3.05, 3.63) is 30.1 Å². The first-order valence-corrected chi connectivity index (χ1v) is 3.15.